The Morgan fingerprint density at radius 2 is 2.25 bits per heavy atom. The molecule has 1 heterocycles. The van der Waals surface area contributed by atoms with Gasteiger partial charge >= 0.3 is 0 Å². The molecule has 0 fully saturated rings. The number of nitrogens with zero attached hydrogens (tertiary/aromatic N) is 1. The molecule has 1 unspecified atom stereocenters. The zero-order chi connectivity index (χ0) is 14.5. The third kappa shape index (κ3) is 3.44. The summed E-state index contributed by atoms with van der Waals surface area (Å²) in [5.74, 6) is 0.0822. The number of hydrogen-bond donors (Lipinski definition) is 2. The predicted octanol–water partition coefficient (Wildman–Crippen LogP) is 2.40. The SMILES string of the molecule is CCNC(=O)CN(CC)c1ccc2c(c1)CCC(C)N2. The molecule has 4 heteroatoms. The molecule has 0 saturated heterocycles. The minimum Gasteiger partial charge on any atom is -0.382 e. The first-order valence-electron chi connectivity index (χ1n) is 7.55. The van der Waals surface area contributed by atoms with Crippen LogP contribution in [0.5, 0.6) is 0 Å². The molecule has 0 aliphatic carbocycles. The van der Waals surface area contributed by atoms with Crippen molar-refractivity contribution in [1.82, 2.24) is 5.32 Å². The normalized spacial score (nSPS) is 17.1. The van der Waals surface area contributed by atoms with E-state index >= 15 is 0 Å². The molecular weight excluding hydrogens is 250 g/mol. The van der Waals surface area contributed by atoms with Crippen LogP contribution in [0.4, 0.5) is 11.4 Å². The molecular formula is C16H25N3O. The highest BCUT2D eigenvalue weighted by Crippen LogP contribution is 2.28. The summed E-state index contributed by atoms with van der Waals surface area (Å²) in [6.07, 6.45) is 2.27. The zero-order valence-electron chi connectivity index (χ0n) is 12.7. The van der Waals surface area contributed by atoms with Crippen molar-refractivity contribution in [2.45, 2.75) is 39.7 Å². The smallest absolute Gasteiger partial charge is 0.239 e. The van der Waals surface area contributed by atoms with Crippen molar-refractivity contribution in [3.8, 4) is 0 Å². The first kappa shape index (κ1) is 14.7. The van der Waals surface area contributed by atoms with Gasteiger partial charge in [-0.25, -0.2) is 0 Å². The highest BCUT2D eigenvalue weighted by molar-refractivity contribution is 5.81. The lowest BCUT2D eigenvalue weighted by Gasteiger charge is -2.28. The van der Waals surface area contributed by atoms with Gasteiger partial charge in [-0.3, -0.25) is 4.79 Å². The molecule has 1 amide bonds. The minimum absolute atomic E-state index is 0.0822. The van der Waals surface area contributed by atoms with Gasteiger partial charge in [-0.2, -0.15) is 0 Å². The molecule has 0 radical (unpaired) electrons. The molecule has 0 saturated carbocycles. The van der Waals surface area contributed by atoms with Crippen LogP contribution in [0.15, 0.2) is 18.2 Å². The summed E-state index contributed by atoms with van der Waals surface area (Å²) in [6, 6.07) is 7.01. The number of rotatable bonds is 5. The summed E-state index contributed by atoms with van der Waals surface area (Å²) >= 11 is 0. The Bertz CT molecular complexity index is 473. The Hall–Kier alpha value is -1.71. The molecule has 0 aromatic heterocycles. The number of benzene rings is 1. The highest BCUT2D eigenvalue weighted by atomic mass is 16.2. The summed E-state index contributed by atoms with van der Waals surface area (Å²) in [5.41, 5.74) is 3.73. The van der Waals surface area contributed by atoms with Crippen LogP contribution in [0.3, 0.4) is 0 Å². The van der Waals surface area contributed by atoms with E-state index in [9.17, 15) is 4.79 Å². The molecule has 1 aliphatic rings. The molecule has 4 nitrogen and oxygen atoms in total. The van der Waals surface area contributed by atoms with Crippen LogP contribution in [0, 0.1) is 0 Å². The van der Waals surface area contributed by atoms with Crippen molar-refractivity contribution < 1.29 is 4.79 Å². The van der Waals surface area contributed by atoms with Gasteiger partial charge in [-0.1, -0.05) is 0 Å². The van der Waals surface area contributed by atoms with Gasteiger partial charge in [-0.15, -0.1) is 0 Å². The second-order valence-corrected chi connectivity index (χ2v) is 5.39. The maximum Gasteiger partial charge on any atom is 0.239 e. The Balaban J connectivity index is 2.12. The van der Waals surface area contributed by atoms with Crippen molar-refractivity contribution >= 4 is 17.3 Å². The summed E-state index contributed by atoms with van der Waals surface area (Å²) in [5, 5.41) is 6.36. The van der Waals surface area contributed by atoms with Crippen LogP contribution in [-0.2, 0) is 11.2 Å². The van der Waals surface area contributed by atoms with Gasteiger partial charge < -0.3 is 15.5 Å². The van der Waals surface area contributed by atoms with Crippen LogP contribution in [0.2, 0.25) is 0 Å². The van der Waals surface area contributed by atoms with Crippen LogP contribution in [0.25, 0.3) is 0 Å². The van der Waals surface area contributed by atoms with Gasteiger partial charge in [0.05, 0.1) is 6.54 Å². The molecule has 2 N–H and O–H groups in total. The molecule has 1 aromatic carbocycles. The van der Waals surface area contributed by atoms with Crippen molar-refractivity contribution in [3.05, 3.63) is 23.8 Å². The van der Waals surface area contributed by atoms with Crippen LogP contribution >= 0.6 is 0 Å². The van der Waals surface area contributed by atoms with Gasteiger partial charge in [0.15, 0.2) is 0 Å². The fourth-order valence-electron chi connectivity index (χ4n) is 2.65. The summed E-state index contributed by atoms with van der Waals surface area (Å²) in [7, 11) is 0. The number of carbonyl (C=O) groups excluding carboxylic acids is 1. The molecule has 110 valence electrons. The van der Waals surface area contributed by atoms with E-state index in [0.717, 1.165) is 18.7 Å². The lowest BCUT2D eigenvalue weighted by Crippen LogP contribution is -2.37. The van der Waals surface area contributed by atoms with E-state index in [4.69, 9.17) is 0 Å². The quantitative estimate of drug-likeness (QED) is 0.867. The number of anilines is 2. The second kappa shape index (κ2) is 6.64. The topological polar surface area (TPSA) is 44.4 Å². The van der Waals surface area contributed by atoms with E-state index in [1.54, 1.807) is 0 Å². The molecule has 1 aromatic rings. The van der Waals surface area contributed by atoms with Crippen molar-refractivity contribution in [1.29, 1.82) is 0 Å². The Morgan fingerprint density at radius 1 is 1.45 bits per heavy atom. The van der Waals surface area contributed by atoms with Crippen LogP contribution in [0.1, 0.15) is 32.8 Å². The fraction of sp³-hybridized carbons (Fsp3) is 0.562. The maximum absolute atomic E-state index is 11.8. The first-order valence-corrected chi connectivity index (χ1v) is 7.55. The number of hydrogen-bond acceptors (Lipinski definition) is 3. The summed E-state index contributed by atoms with van der Waals surface area (Å²) in [6.45, 7) is 8.18. The van der Waals surface area contributed by atoms with Crippen molar-refractivity contribution in [3.63, 3.8) is 0 Å². The third-order valence-corrected chi connectivity index (χ3v) is 3.79. The van der Waals surface area contributed by atoms with E-state index in [1.165, 1.54) is 17.7 Å². The molecule has 1 aliphatic heterocycles. The van der Waals surface area contributed by atoms with Crippen molar-refractivity contribution in [2.24, 2.45) is 0 Å². The van der Waals surface area contributed by atoms with Gasteiger partial charge in [0.25, 0.3) is 0 Å². The van der Waals surface area contributed by atoms with Gasteiger partial charge in [-0.05, 0) is 57.4 Å². The van der Waals surface area contributed by atoms with E-state index in [-0.39, 0.29) is 5.91 Å². The van der Waals surface area contributed by atoms with E-state index < -0.39 is 0 Å². The lowest BCUT2D eigenvalue weighted by molar-refractivity contribution is -0.119. The monoisotopic (exact) mass is 275 g/mol. The Labute approximate surface area is 121 Å². The Kier molecular flexibility index (Phi) is 4.88. The Morgan fingerprint density at radius 3 is 2.95 bits per heavy atom. The van der Waals surface area contributed by atoms with Crippen molar-refractivity contribution in [2.75, 3.05) is 29.9 Å². The summed E-state index contributed by atoms with van der Waals surface area (Å²) in [4.78, 5) is 13.9. The number of fused-ring (bicyclic) bond motifs is 1. The van der Waals surface area contributed by atoms with Gasteiger partial charge in [0, 0.05) is 30.5 Å². The number of aryl methyl sites for hydroxylation is 1. The predicted molar refractivity (Wildman–Crippen MR) is 84.4 cm³/mol. The van der Waals surface area contributed by atoms with Crippen LogP contribution in [-0.4, -0.2) is 31.6 Å². The highest BCUT2D eigenvalue weighted by Gasteiger charge is 2.16. The van der Waals surface area contributed by atoms with Gasteiger partial charge in [0.1, 0.15) is 0 Å². The van der Waals surface area contributed by atoms with E-state index in [2.05, 4.69) is 47.6 Å². The number of likely N-dealkylation sites (N-methyl/N-ethyl adjacent to an activating group) is 2. The molecule has 1 atom stereocenters. The number of nitrogens with one attached hydrogen (secondary N) is 2. The lowest BCUT2D eigenvalue weighted by atomic mass is 9.98. The zero-order valence-corrected chi connectivity index (χ0v) is 12.7. The average molecular weight is 275 g/mol. The molecule has 0 bridgehead atoms. The summed E-state index contributed by atoms with van der Waals surface area (Å²) < 4.78 is 0. The molecule has 20 heavy (non-hydrogen) atoms. The molecule has 0 spiro atoms. The first-order chi connectivity index (χ1) is 9.63. The van der Waals surface area contributed by atoms with E-state index in [1.807, 2.05) is 6.92 Å². The second-order valence-electron chi connectivity index (χ2n) is 5.39. The van der Waals surface area contributed by atoms with E-state index in [0.29, 0.717) is 19.1 Å². The largest absolute Gasteiger partial charge is 0.382 e. The average Bonchev–Trinajstić information content (AvgIpc) is 2.44. The number of carbonyl (C=O) groups is 1. The standard InChI is InChI=1S/C16H25N3O/c1-4-17-16(20)11-19(5-2)14-8-9-15-13(10-14)7-6-12(3)18-15/h8-10,12,18H,4-7,11H2,1-3H3,(H,17,20). The molecule has 2 rings (SSSR count). The minimum atomic E-state index is 0.0822. The van der Waals surface area contributed by atoms with Crippen LogP contribution < -0.4 is 15.5 Å². The maximum atomic E-state index is 11.8. The van der Waals surface area contributed by atoms with Gasteiger partial charge in [0.2, 0.25) is 5.91 Å². The number of amides is 1. The fourth-order valence-corrected chi connectivity index (χ4v) is 2.65. The third-order valence-electron chi connectivity index (χ3n) is 3.79.